The molecule has 0 saturated heterocycles. The third-order valence-corrected chi connectivity index (χ3v) is 8.54. The van der Waals surface area contributed by atoms with Gasteiger partial charge in [-0.3, -0.25) is 4.21 Å². The topological polar surface area (TPSA) is 54.0 Å². The minimum absolute atomic E-state index is 0.00918. The van der Waals surface area contributed by atoms with Crippen molar-refractivity contribution in [3.05, 3.63) is 34.6 Å². The van der Waals surface area contributed by atoms with E-state index in [2.05, 4.69) is 0 Å². The molecule has 0 aliphatic carbocycles. The molecule has 0 fully saturated rings. The average molecular weight is 393 g/mol. The Morgan fingerprint density at radius 1 is 1.19 bits per heavy atom. The summed E-state index contributed by atoms with van der Waals surface area (Å²) in [6.45, 7) is 12.6. The van der Waals surface area contributed by atoms with E-state index < -0.39 is 21.3 Å². The molecule has 3 aliphatic heterocycles. The lowest BCUT2D eigenvalue weighted by atomic mass is 9.73. The number of allylic oxidation sites excluding steroid dienone is 1. The van der Waals surface area contributed by atoms with Gasteiger partial charge in [0.05, 0.1) is 13.7 Å². The molecule has 5 nitrogen and oxygen atoms in total. The first kappa shape index (κ1) is 18.7. The Morgan fingerprint density at radius 3 is 2.52 bits per heavy atom. The fourth-order valence-electron chi connectivity index (χ4n) is 4.14. The maximum atomic E-state index is 13.8. The van der Waals surface area contributed by atoms with Gasteiger partial charge in [0.25, 0.3) is 5.95 Å². The molecule has 3 aliphatic rings. The van der Waals surface area contributed by atoms with Crippen LogP contribution < -0.4 is 9.47 Å². The van der Waals surface area contributed by atoms with Crippen LogP contribution in [-0.2, 0) is 20.3 Å². The highest BCUT2D eigenvalue weighted by atomic mass is 32.2. The van der Waals surface area contributed by atoms with Crippen molar-refractivity contribution in [2.45, 2.75) is 58.0 Å². The first-order chi connectivity index (χ1) is 12.5. The molecule has 0 saturated carbocycles. The monoisotopic (exact) mass is 392 g/mol. The summed E-state index contributed by atoms with van der Waals surface area (Å²) in [5.74, 6) is 1.81. The lowest BCUT2D eigenvalue weighted by Gasteiger charge is -2.45. The van der Waals surface area contributed by atoms with Gasteiger partial charge in [-0.25, -0.2) is 0 Å². The molecular weight excluding hydrogens is 364 g/mol. The molecule has 0 aromatic heterocycles. The summed E-state index contributed by atoms with van der Waals surface area (Å²) in [5.41, 5.74) is 0.0951. The first-order valence-corrected chi connectivity index (χ1v) is 10.5. The van der Waals surface area contributed by atoms with Crippen LogP contribution in [0.3, 0.4) is 0 Å². The summed E-state index contributed by atoms with van der Waals surface area (Å²) >= 11 is 0. The van der Waals surface area contributed by atoms with E-state index >= 15 is 0 Å². The Morgan fingerprint density at radius 2 is 1.89 bits per heavy atom. The molecule has 27 heavy (non-hydrogen) atoms. The van der Waals surface area contributed by atoms with Gasteiger partial charge in [0.15, 0.2) is 4.93 Å². The SMILES string of the molecule is COc1cccc2c1[C@H]1C3=C(OC(C)(C)[C@H]1CO2)O[C@](C)(C(C)(C)C)S3=O. The fraction of sp³-hybridized carbons (Fsp3) is 0.619. The van der Waals surface area contributed by atoms with E-state index in [0.29, 0.717) is 12.6 Å². The summed E-state index contributed by atoms with van der Waals surface area (Å²) in [5, 5.41) is 0. The molecule has 4 rings (SSSR count). The predicted molar refractivity (Wildman–Crippen MR) is 104 cm³/mol. The molecule has 1 aromatic rings. The molecule has 1 unspecified atom stereocenters. The minimum atomic E-state index is -1.36. The molecule has 0 N–H and O–H groups in total. The number of ether oxygens (including phenoxy) is 4. The van der Waals surface area contributed by atoms with E-state index in [1.165, 1.54) is 0 Å². The van der Waals surface area contributed by atoms with Gasteiger partial charge in [0.2, 0.25) is 0 Å². The Labute approximate surface area is 163 Å². The van der Waals surface area contributed by atoms with Crippen molar-refractivity contribution < 1.29 is 23.2 Å². The zero-order valence-corrected chi connectivity index (χ0v) is 17.9. The maximum Gasteiger partial charge on any atom is 0.294 e. The van der Waals surface area contributed by atoms with Crippen LogP contribution in [0.5, 0.6) is 11.5 Å². The fourth-order valence-corrected chi connectivity index (χ4v) is 6.01. The van der Waals surface area contributed by atoms with Gasteiger partial charge in [-0.1, -0.05) is 26.8 Å². The van der Waals surface area contributed by atoms with Crippen LogP contribution >= 0.6 is 0 Å². The van der Waals surface area contributed by atoms with Crippen LogP contribution in [0.4, 0.5) is 0 Å². The van der Waals surface area contributed by atoms with Crippen molar-refractivity contribution in [2.24, 2.45) is 11.3 Å². The summed E-state index contributed by atoms with van der Waals surface area (Å²) in [6.07, 6.45) is 0. The molecule has 6 heteroatoms. The van der Waals surface area contributed by atoms with Gasteiger partial charge in [0.1, 0.15) is 32.8 Å². The second-order valence-corrected chi connectivity index (χ2v) is 10.9. The van der Waals surface area contributed by atoms with Crippen LogP contribution in [0.15, 0.2) is 29.0 Å². The van der Waals surface area contributed by atoms with Crippen LogP contribution in [0.1, 0.15) is 53.0 Å². The second-order valence-electron chi connectivity index (χ2n) is 9.19. The number of rotatable bonds is 1. The molecule has 1 aromatic carbocycles. The molecule has 4 atom stereocenters. The summed E-state index contributed by atoms with van der Waals surface area (Å²) < 4.78 is 38.0. The Kier molecular flexibility index (Phi) is 3.91. The van der Waals surface area contributed by atoms with E-state index in [4.69, 9.17) is 18.9 Å². The third kappa shape index (κ3) is 2.45. The highest BCUT2D eigenvalue weighted by molar-refractivity contribution is 7.90. The van der Waals surface area contributed by atoms with Crippen LogP contribution in [0.2, 0.25) is 0 Å². The third-order valence-electron chi connectivity index (χ3n) is 6.31. The van der Waals surface area contributed by atoms with Crippen molar-refractivity contribution in [2.75, 3.05) is 13.7 Å². The van der Waals surface area contributed by atoms with Crippen molar-refractivity contribution in [1.82, 2.24) is 0 Å². The van der Waals surface area contributed by atoms with E-state index in [1.54, 1.807) is 7.11 Å². The highest BCUT2D eigenvalue weighted by Crippen LogP contribution is 2.60. The van der Waals surface area contributed by atoms with Crippen molar-refractivity contribution >= 4 is 10.8 Å². The standard InChI is InChI=1S/C21H28O5S/c1-19(2,3)21(6)26-18-17(27(21)22)15-12(20(4,5)25-18)11-24-14-10-8-9-13(23-7)16(14)15/h8-10,12,15H,11H2,1-7H3/t12-,15-,21-,27?/m0/s1. The molecule has 148 valence electrons. The summed E-state index contributed by atoms with van der Waals surface area (Å²) in [6, 6.07) is 5.78. The van der Waals surface area contributed by atoms with E-state index in [9.17, 15) is 4.21 Å². The van der Waals surface area contributed by atoms with Gasteiger partial charge >= 0.3 is 0 Å². The van der Waals surface area contributed by atoms with Gasteiger partial charge in [-0.05, 0) is 32.9 Å². The van der Waals surface area contributed by atoms with Crippen LogP contribution in [0, 0.1) is 11.3 Å². The van der Waals surface area contributed by atoms with Gasteiger partial charge in [-0.15, -0.1) is 0 Å². The normalized spacial score (nSPS) is 33.8. The van der Waals surface area contributed by atoms with Gasteiger partial charge in [-0.2, -0.15) is 0 Å². The molecule has 3 heterocycles. The molecule has 0 spiro atoms. The number of fused-ring (bicyclic) bond motifs is 4. The van der Waals surface area contributed by atoms with E-state index in [-0.39, 0.29) is 17.3 Å². The lowest BCUT2D eigenvalue weighted by molar-refractivity contribution is -0.141. The molecule has 0 radical (unpaired) electrons. The predicted octanol–water partition coefficient (Wildman–Crippen LogP) is 4.31. The van der Waals surface area contributed by atoms with Gasteiger partial charge in [0, 0.05) is 22.8 Å². The lowest BCUT2D eigenvalue weighted by Crippen LogP contribution is -2.47. The number of methoxy groups -OCH3 is 1. The van der Waals surface area contributed by atoms with Crippen LogP contribution in [-0.4, -0.2) is 28.5 Å². The quantitative estimate of drug-likeness (QED) is 0.713. The van der Waals surface area contributed by atoms with Crippen LogP contribution in [0.25, 0.3) is 0 Å². The highest BCUT2D eigenvalue weighted by Gasteiger charge is 2.61. The number of hydrogen-bond acceptors (Lipinski definition) is 5. The zero-order chi connectivity index (χ0) is 19.8. The summed E-state index contributed by atoms with van der Waals surface area (Å²) in [4.78, 5) is -0.130. The zero-order valence-electron chi connectivity index (χ0n) is 17.0. The van der Waals surface area contributed by atoms with Crippen molar-refractivity contribution in [1.29, 1.82) is 0 Å². The average Bonchev–Trinajstić information content (AvgIpc) is 2.84. The molecule has 0 amide bonds. The smallest absolute Gasteiger partial charge is 0.294 e. The summed E-state index contributed by atoms with van der Waals surface area (Å²) in [7, 11) is 0.293. The molecule has 0 bridgehead atoms. The van der Waals surface area contributed by atoms with Gasteiger partial charge < -0.3 is 18.9 Å². The maximum absolute atomic E-state index is 13.8. The number of benzene rings is 1. The first-order valence-electron chi connectivity index (χ1n) is 9.35. The second kappa shape index (κ2) is 5.66. The largest absolute Gasteiger partial charge is 0.496 e. The minimum Gasteiger partial charge on any atom is -0.496 e. The van der Waals surface area contributed by atoms with Crippen molar-refractivity contribution in [3.63, 3.8) is 0 Å². The Hall–Kier alpha value is -1.69. The number of hydrogen-bond donors (Lipinski definition) is 0. The Balaban J connectivity index is 1.93. The van der Waals surface area contributed by atoms with E-state index in [0.717, 1.165) is 22.0 Å². The van der Waals surface area contributed by atoms with E-state index in [1.807, 2.05) is 59.7 Å². The Bertz CT molecular complexity index is 836. The van der Waals surface area contributed by atoms with Crippen molar-refractivity contribution in [3.8, 4) is 11.5 Å². The molecular formula is C21H28O5S.